The molecule has 1 rings (SSSR count). The van der Waals surface area contributed by atoms with Crippen molar-refractivity contribution < 1.29 is 22.7 Å². The number of nitrogen functional groups attached to an aromatic ring is 1. The van der Waals surface area contributed by atoms with Crippen LogP contribution in [-0.2, 0) is 19.3 Å². The monoisotopic (exact) mass is 315 g/mol. The second-order valence-corrected chi connectivity index (χ2v) is 7.68. The van der Waals surface area contributed by atoms with Gasteiger partial charge in [0.25, 0.3) is 0 Å². The third-order valence-corrected chi connectivity index (χ3v) is 3.54. The fraction of sp³-hybridized carbons (Fsp3) is 0.500. The maximum Gasteiger partial charge on any atom is 0.338 e. The van der Waals surface area contributed by atoms with Crippen LogP contribution < -0.4 is 5.73 Å². The topological polar surface area (TPSA) is 95.7 Å². The van der Waals surface area contributed by atoms with Gasteiger partial charge in [-0.05, 0) is 39.0 Å². The predicted octanol–water partition coefficient (Wildman–Crippen LogP) is 1.64. The van der Waals surface area contributed by atoms with Gasteiger partial charge < -0.3 is 15.2 Å². The normalized spacial score (nSPS) is 12.2. The summed E-state index contributed by atoms with van der Waals surface area (Å²) in [6, 6.07) is 3.93. The van der Waals surface area contributed by atoms with E-state index in [0.717, 1.165) is 6.26 Å². The van der Waals surface area contributed by atoms with Crippen LogP contribution in [0.5, 0.6) is 0 Å². The van der Waals surface area contributed by atoms with E-state index in [1.165, 1.54) is 18.2 Å². The van der Waals surface area contributed by atoms with Crippen LogP contribution in [0.1, 0.15) is 31.1 Å². The molecule has 0 saturated heterocycles. The number of rotatable bonds is 5. The van der Waals surface area contributed by atoms with Gasteiger partial charge in [0, 0.05) is 11.9 Å². The van der Waals surface area contributed by atoms with E-state index < -0.39 is 15.8 Å². The van der Waals surface area contributed by atoms with Crippen LogP contribution in [0.4, 0.5) is 5.69 Å². The Morgan fingerprint density at radius 1 is 1.19 bits per heavy atom. The molecule has 1 aromatic carbocycles. The maximum atomic E-state index is 11.9. The molecular formula is C14H21NO5S. The molecule has 0 heterocycles. The van der Waals surface area contributed by atoms with Crippen molar-refractivity contribution in [2.45, 2.75) is 31.3 Å². The average molecular weight is 315 g/mol. The van der Waals surface area contributed by atoms with E-state index in [-0.39, 0.29) is 35.0 Å². The molecule has 0 spiro atoms. The van der Waals surface area contributed by atoms with E-state index >= 15 is 0 Å². The Hall–Kier alpha value is -1.60. The molecule has 0 aliphatic carbocycles. The quantitative estimate of drug-likeness (QED) is 0.504. The van der Waals surface area contributed by atoms with Crippen LogP contribution in [-0.4, -0.2) is 39.5 Å². The van der Waals surface area contributed by atoms with Crippen molar-refractivity contribution in [1.29, 1.82) is 0 Å². The fourth-order valence-electron chi connectivity index (χ4n) is 1.52. The molecule has 7 heteroatoms. The van der Waals surface area contributed by atoms with Crippen molar-refractivity contribution in [1.82, 2.24) is 0 Å². The van der Waals surface area contributed by atoms with Crippen molar-refractivity contribution >= 4 is 21.5 Å². The number of hydrogen-bond acceptors (Lipinski definition) is 6. The van der Waals surface area contributed by atoms with E-state index in [2.05, 4.69) is 0 Å². The molecule has 0 aromatic heterocycles. The van der Waals surface area contributed by atoms with Crippen LogP contribution in [0.2, 0.25) is 0 Å². The summed E-state index contributed by atoms with van der Waals surface area (Å²) < 4.78 is 33.5. The zero-order chi connectivity index (χ0) is 16.3. The molecule has 0 atom stereocenters. The lowest BCUT2D eigenvalue weighted by molar-refractivity contribution is -0.0281. The minimum Gasteiger partial charge on any atom is -0.460 e. The molecule has 6 nitrogen and oxygen atoms in total. The molecule has 2 N–H and O–H groups in total. The molecule has 0 aliphatic rings. The predicted molar refractivity (Wildman–Crippen MR) is 80.0 cm³/mol. The highest BCUT2D eigenvalue weighted by Crippen LogP contribution is 2.17. The largest absolute Gasteiger partial charge is 0.460 e. The lowest BCUT2D eigenvalue weighted by atomic mass is 10.2. The summed E-state index contributed by atoms with van der Waals surface area (Å²) in [6.45, 7) is 6.02. The summed E-state index contributed by atoms with van der Waals surface area (Å²) in [5, 5.41) is 0. The molecule has 0 saturated carbocycles. The first-order valence-corrected chi connectivity index (χ1v) is 8.30. The second-order valence-electron chi connectivity index (χ2n) is 5.66. The van der Waals surface area contributed by atoms with Crippen molar-refractivity contribution in [3.63, 3.8) is 0 Å². The van der Waals surface area contributed by atoms with E-state index in [4.69, 9.17) is 15.2 Å². The van der Waals surface area contributed by atoms with Crippen LogP contribution in [0.15, 0.2) is 23.1 Å². The first kappa shape index (κ1) is 17.5. The first-order chi connectivity index (χ1) is 9.49. The van der Waals surface area contributed by atoms with Gasteiger partial charge in [0.1, 0.15) is 6.61 Å². The van der Waals surface area contributed by atoms with Gasteiger partial charge >= 0.3 is 5.97 Å². The van der Waals surface area contributed by atoms with Crippen molar-refractivity contribution in [3.8, 4) is 0 Å². The van der Waals surface area contributed by atoms with Crippen LogP contribution >= 0.6 is 0 Å². The molecule has 0 unspecified atom stereocenters. The summed E-state index contributed by atoms with van der Waals surface area (Å²) in [5.41, 5.74) is 5.59. The standard InChI is InChI=1S/C14H21NO5S/c1-14(2,3)20-6-5-19-13(16)10-7-11(15)9-12(8-10)21(4,17)18/h7-9H,5-6,15H2,1-4H3. The van der Waals surface area contributed by atoms with Gasteiger partial charge in [-0.15, -0.1) is 0 Å². The summed E-state index contributed by atoms with van der Waals surface area (Å²) >= 11 is 0. The zero-order valence-electron chi connectivity index (χ0n) is 12.7. The van der Waals surface area contributed by atoms with Gasteiger partial charge in [-0.25, -0.2) is 13.2 Å². The number of esters is 1. The smallest absolute Gasteiger partial charge is 0.338 e. The minimum absolute atomic E-state index is 0.0135. The first-order valence-electron chi connectivity index (χ1n) is 6.41. The maximum absolute atomic E-state index is 11.9. The van der Waals surface area contributed by atoms with E-state index in [0.29, 0.717) is 0 Å². The van der Waals surface area contributed by atoms with E-state index in [9.17, 15) is 13.2 Å². The Bertz CT molecular complexity index is 617. The van der Waals surface area contributed by atoms with Crippen molar-refractivity contribution in [2.24, 2.45) is 0 Å². The van der Waals surface area contributed by atoms with Gasteiger partial charge in [0.15, 0.2) is 9.84 Å². The Balaban J connectivity index is 2.73. The Kier molecular flexibility index (Phi) is 5.36. The molecular weight excluding hydrogens is 294 g/mol. The highest BCUT2D eigenvalue weighted by Gasteiger charge is 2.15. The number of nitrogens with two attached hydrogens (primary N) is 1. The average Bonchev–Trinajstić information content (AvgIpc) is 2.31. The van der Waals surface area contributed by atoms with Crippen LogP contribution in [0.3, 0.4) is 0 Å². The zero-order valence-corrected chi connectivity index (χ0v) is 13.5. The van der Waals surface area contributed by atoms with Crippen molar-refractivity contribution in [3.05, 3.63) is 23.8 Å². The number of carbonyl (C=O) groups excluding carboxylic acids is 1. The summed E-state index contributed by atoms with van der Waals surface area (Å²) in [7, 11) is -3.44. The number of sulfone groups is 1. The minimum atomic E-state index is -3.44. The highest BCUT2D eigenvalue weighted by atomic mass is 32.2. The van der Waals surface area contributed by atoms with Crippen molar-refractivity contribution in [2.75, 3.05) is 25.2 Å². The summed E-state index contributed by atoms with van der Waals surface area (Å²) in [6.07, 6.45) is 1.05. The molecule has 1 aromatic rings. The highest BCUT2D eigenvalue weighted by molar-refractivity contribution is 7.90. The van der Waals surface area contributed by atoms with Crippen LogP contribution in [0.25, 0.3) is 0 Å². The number of hydrogen-bond donors (Lipinski definition) is 1. The molecule has 118 valence electrons. The molecule has 0 fully saturated rings. The Labute approximate surface area is 125 Å². The van der Waals surface area contributed by atoms with Gasteiger partial charge in [-0.3, -0.25) is 0 Å². The number of carbonyl (C=O) groups is 1. The van der Waals surface area contributed by atoms with Crippen LogP contribution in [0, 0.1) is 0 Å². The molecule has 0 amide bonds. The summed E-state index contributed by atoms with van der Waals surface area (Å²) in [4.78, 5) is 11.9. The second kappa shape index (κ2) is 6.44. The molecule has 0 radical (unpaired) electrons. The third kappa shape index (κ3) is 6.14. The number of anilines is 1. The Morgan fingerprint density at radius 3 is 2.33 bits per heavy atom. The lowest BCUT2D eigenvalue weighted by Crippen LogP contribution is -2.22. The SMILES string of the molecule is CC(C)(C)OCCOC(=O)c1cc(N)cc(S(C)(=O)=O)c1. The lowest BCUT2D eigenvalue weighted by Gasteiger charge is -2.19. The Morgan fingerprint density at radius 2 is 1.81 bits per heavy atom. The third-order valence-electron chi connectivity index (χ3n) is 2.44. The fourth-order valence-corrected chi connectivity index (χ4v) is 2.21. The molecule has 0 aliphatic heterocycles. The van der Waals surface area contributed by atoms with E-state index in [1.54, 1.807) is 0 Å². The van der Waals surface area contributed by atoms with Gasteiger partial charge in [-0.2, -0.15) is 0 Å². The summed E-state index contributed by atoms with van der Waals surface area (Å²) in [5.74, 6) is -0.635. The number of benzene rings is 1. The van der Waals surface area contributed by atoms with Gasteiger partial charge in [0.05, 0.1) is 22.7 Å². The van der Waals surface area contributed by atoms with Gasteiger partial charge in [-0.1, -0.05) is 0 Å². The van der Waals surface area contributed by atoms with E-state index in [1.807, 2.05) is 20.8 Å². The molecule has 21 heavy (non-hydrogen) atoms. The van der Waals surface area contributed by atoms with Gasteiger partial charge in [0.2, 0.25) is 0 Å². The molecule has 0 bridgehead atoms. The number of ether oxygens (including phenoxy) is 2.